The van der Waals surface area contributed by atoms with Crippen molar-refractivity contribution in [3.8, 4) is 0 Å². The van der Waals surface area contributed by atoms with E-state index < -0.39 is 58.7 Å². The van der Waals surface area contributed by atoms with Gasteiger partial charge in [-0.05, 0) is 49.9 Å². The fraction of sp³-hybridized carbons (Fsp3) is 0.714. The highest BCUT2D eigenvalue weighted by molar-refractivity contribution is 5.85. The van der Waals surface area contributed by atoms with Gasteiger partial charge in [-0.15, -0.1) is 11.7 Å². The number of ketones is 1. The van der Waals surface area contributed by atoms with Gasteiger partial charge in [-0.25, -0.2) is 9.48 Å². The largest absolute Gasteiger partial charge is 0.460 e. The van der Waals surface area contributed by atoms with Crippen LogP contribution in [0.2, 0.25) is 0 Å². The molecule has 3 aliphatic carbocycles. The summed E-state index contributed by atoms with van der Waals surface area (Å²) < 4.78 is 20.8. The summed E-state index contributed by atoms with van der Waals surface area (Å²) in [5, 5.41) is 29.9. The number of Topliss-reactive ketones (excluding diaryl/α,β-unsaturated/α-hetero) is 1. The average Bonchev–Trinajstić information content (AvgIpc) is 3.79. The second-order valence-electron chi connectivity index (χ2n) is 15.3. The summed E-state index contributed by atoms with van der Waals surface area (Å²) in [6.45, 7) is 13.4. The molecule has 0 radical (unpaired) electrons. The Morgan fingerprint density at radius 1 is 1.22 bits per heavy atom. The van der Waals surface area contributed by atoms with Crippen molar-refractivity contribution in [1.29, 1.82) is 0 Å². The van der Waals surface area contributed by atoms with Gasteiger partial charge in [0.2, 0.25) is 0 Å². The van der Waals surface area contributed by atoms with Gasteiger partial charge in [0.05, 0.1) is 31.6 Å². The molecular weight excluding hydrogens is 634 g/mol. The molecular formula is C35H49N5O9. The first-order chi connectivity index (χ1) is 23.2. The number of hydrogen-bond donors (Lipinski definition) is 3. The normalized spacial score (nSPS) is 38.9. The number of rotatable bonds is 9. The van der Waals surface area contributed by atoms with Crippen molar-refractivity contribution in [1.82, 2.24) is 24.5 Å². The standard InChI is InChI=1S/C35H49N5O9/c1-7-33(5)13-26(34(6)20(3)8-10-35(21(4)30(33)44)11-9-23(42)29(34)35)49-28(43)16-39-15-22(37-38-39)18-47-24-12-27(48-25(24)17-41)40-14-19(2)31(45)36-32(40)46/h7,14-15,20-21,24-27,29-30,41,44H,1,8-13,16-18H2,2-6H3,(H,36,45,46)/t20-,21+,24-,25+,26-,27+,29-,30+,33-,34+,35+/m1/s1. The number of aromatic amines is 1. The molecule has 0 amide bonds. The maximum Gasteiger partial charge on any atom is 0.330 e. The highest BCUT2D eigenvalue weighted by atomic mass is 16.6. The summed E-state index contributed by atoms with van der Waals surface area (Å²) in [6.07, 6.45) is 4.87. The minimum Gasteiger partial charge on any atom is -0.460 e. The van der Waals surface area contributed by atoms with Gasteiger partial charge in [0.15, 0.2) is 0 Å². The number of esters is 1. The molecule has 0 spiro atoms. The summed E-state index contributed by atoms with van der Waals surface area (Å²) >= 11 is 0. The molecule has 0 aromatic carbocycles. The van der Waals surface area contributed by atoms with Gasteiger partial charge in [-0.1, -0.05) is 39.0 Å². The molecule has 4 fully saturated rings. The lowest BCUT2D eigenvalue weighted by atomic mass is 9.44. The number of nitrogens with zero attached hydrogens (tertiary/aromatic N) is 4. The van der Waals surface area contributed by atoms with Gasteiger partial charge in [0.25, 0.3) is 5.56 Å². The Morgan fingerprint density at radius 2 is 1.98 bits per heavy atom. The first-order valence-corrected chi connectivity index (χ1v) is 17.3. The monoisotopic (exact) mass is 683 g/mol. The zero-order valence-corrected chi connectivity index (χ0v) is 29.0. The highest BCUT2D eigenvalue weighted by Gasteiger charge is 2.68. The van der Waals surface area contributed by atoms with Gasteiger partial charge in [-0.3, -0.25) is 23.9 Å². The van der Waals surface area contributed by atoms with Crippen molar-refractivity contribution in [3.05, 3.63) is 57.1 Å². The first-order valence-electron chi connectivity index (χ1n) is 17.3. The molecule has 2 bridgehead atoms. The fourth-order valence-electron chi connectivity index (χ4n) is 9.51. The molecule has 1 saturated heterocycles. The second-order valence-corrected chi connectivity index (χ2v) is 15.3. The Balaban J connectivity index is 1.15. The molecule has 1 aliphatic heterocycles. The van der Waals surface area contributed by atoms with Crippen LogP contribution in [-0.2, 0) is 37.0 Å². The molecule has 4 aliphatic rings. The van der Waals surface area contributed by atoms with E-state index in [-0.39, 0.29) is 55.1 Å². The third-order valence-electron chi connectivity index (χ3n) is 12.7. The number of nitrogens with one attached hydrogen (secondary N) is 1. The molecule has 0 unspecified atom stereocenters. The van der Waals surface area contributed by atoms with E-state index in [1.165, 1.54) is 15.4 Å². The number of carbonyl (C=O) groups is 2. The maximum absolute atomic E-state index is 13.6. The minimum atomic E-state index is -0.747. The molecule has 14 nitrogen and oxygen atoms in total. The van der Waals surface area contributed by atoms with E-state index in [0.717, 1.165) is 19.3 Å². The lowest BCUT2D eigenvalue weighted by Crippen LogP contribution is -2.63. The zero-order valence-electron chi connectivity index (χ0n) is 29.0. The van der Waals surface area contributed by atoms with Crippen LogP contribution in [-0.4, -0.2) is 77.5 Å². The topological polar surface area (TPSA) is 188 Å². The summed E-state index contributed by atoms with van der Waals surface area (Å²) in [5.74, 6) is -0.645. The van der Waals surface area contributed by atoms with Crippen molar-refractivity contribution < 1.29 is 34.0 Å². The predicted octanol–water partition coefficient (Wildman–Crippen LogP) is 2.21. The van der Waals surface area contributed by atoms with E-state index in [4.69, 9.17) is 14.2 Å². The van der Waals surface area contributed by atoms with E-state index in [2.05, 4.69) is 42.6 Å². The van der Waals surface area contributed by atoms with Crippen molar-refractivity contribution in [2.24, 2.45) is 34.0 Å². The lowest BCUT2D eigenvalue weighted by molar-refractivity contribution is -0.207. The van der Waals surface area contributed by atoms with E-state index in [1.54, 1.807) is 19.2 Å². The van der Waals surface area contributed by atoms with Gasteiger partial charge in [-0.2, -0.15) is 0 Å². The third-order valence-corrected chi connectivity index (χ3v) is 12.7. The molecule has 2 aromatic rings. The molecule has 3 saturated carbocycles. The number of H-pyrrole nitrogens is 1. The number of ether oxygens (including phenoxy) is 3. The van der Waals surface area contributed by atoms with Crippen molar-refractivity contribution in [3.63, 3.8) is 0 Å². The van der Waals surface area contributed by atoms with Crippen LogP contribution in [0.4, 0.5) is 0 Å². The van der Waals surface area contributed by atoms with Crippen molar-refractivity contribution in [2.45, 2.75) is 117 Å². The van der Waals surface area contributed by atoms with Crippen LogP contribution in [0.15, 0.2) is 34.6 Å². The van der Waals surface area contributed by atoms with E-state index >= 15 is 0 Å². The van der Waals surface area contributed by atoms with Crippen LogP contribution >= 0.6 is 0 Å². The van der Waals surface area contributed by atoms with E-state index in [9.17, 15) is 29.4 Å². The maximum atomic E-state index is 13.6. The van der Waals surface area contributed by atoms with Crippen LogP contribution in [0.5, 0.6) is 0 Å². The average molecular weight is 684 g/mol. The molecule has 49 heavy (non-hydrogen) atoms. The van der Waals surface area contributed by atoms with Crippen molar-refractivity contribution >= 4 is 11.8 Å². The SMILES string of the molecule is C=C[C@]1(C)C[C@@H](OC(=O)Cn2cc(CO[C@@H]3C[C@@H](n4cc(C)c(=O)[nH]c4=O)O[C@H]3CO)nn2)[C@]2(C)[C@H](C)CC[C@]3(CCC(=O)[C@@H]32)[C@@H](C)[C@@H]1O. The summed E-state index contributed by atoms with van der Waals surface area (Å²) in [7, 11) is 0. The Bertz CT molecular complexity index is 1720. The molecule has 11 atom stereocenters. The summed E-state index contributed by atoms with van der Waals surface area (Å²) in [4.78, 5) is 53.6. The number of aliphatic hydroxyl groups is 2. The zero-order chi connectivity index (χ0) is 35.5. The number of aryl methyl sites for hydroxylation is 1. The summed E-state index contributed by atoms with van der Waals surface area (Å²) in [6, 6.07) is 0. The van der Waals surface area contributed by atoms with Crippen LogP contribution in [0, 0.1) is 40.9 Å². The Hall–Kier alpha value is -3.46. The molecule has 3 N–H and O–H groups in total. The predicted molar refractivity (Wildman–Crippen MR) is 175 cm³/mol. The van der Waals surface area contributed by atoms with Crippen LogP contribution < -0.4 is 11.2 Å². The quantitative estimate of drug-likeness (QED) is 0.260. The van der Waals surface area contributed by atoms with E-state index in [1.807, 2.05) is 6.92 Å². The number of carbonyl (C=O) groups excluding carboxylic acids is 2. The molecule has 3 heterocycles. The highest BCUT2D eigenvalue weighted by Crippen LogP contribution is 2.68. The van der Waals surface area contributed by atoms with Gasteiger partial charge in [0, 0.05) is 41.3 Å². The van der Waals surface area contributed by atoms with Crippen LogP contribution in [0.1, 0.15) is 83.7 Å². The fourth-order valence-corrected chi connectivity index (χ4v) is 9.51. The van der Waals surface area contributed by atoms with Gasteiger partial charge in [0.1, 0.15) is 36.5 Å². The van der Waals surface area contributed by atoms with Crippen LogP contribution in [0.3, 0.4) is 0 Å². The summed E-state index contributed by atoms with van der Waals surface area (Å²) in [5.41, 5.74) is -2.02. The molecule has 268 valence electrons. The second kappa shape index (κ2) is 13.0. The number of aliphatic hydroxyl groups excluding tert-OH is 2. The first kappa shape index (κ1) is 35.4. The number of aromatic nitrogens is 5. The smallest absolute Gasteiger partial charge is 0.330 e. The van der Waals surface area contributed by atoms with Gasteiger partial charge < -0.3 is 24.4 Å². The number of hydrogen-bond acceptors (Lipinski definition) is 11. The molecule has 2 aromatic heterocycles. The molecule has 6 rings (SSSR count). The lowest BCUT2D eigenvalue weighted by Gasteiger charge is -2.61. The Labute approximate surface area is 284 Å². The van der Waals surface area contributed by atoms with Crippen LogP contribution in [0.25, 0.3) is 0 Å². The molecule has 14 heteroatoms. The minimum absolute atomic E-state index is 0.00366. The Morgan fingerprint density at radius 3 is 2.69 bits per heavy atom. The van der Waals surface area contributed by atoms with E-state index in [0.29, 0.717) is 24.1 Å². The third kappa shape index (κ3) is 5.93. The van der Waals surface area contributed by atoms with Crippen molar-refractivity contribution in [2.75, 3.05) is 6.61 Å². The van der Waals surface area contributed by atoms with Gasteiger partial charge >= 0.3 is 11.7 Å². The Kier molecular flexibility index (Phi) is 9.40.